The average molecular weight is 483 g/mol. The number of esters is 1. The van der Waals surface area contributed by atoms with Gasteiger partial charge in [0.1, 0.15) is 0 Å². The Bertz CT molecular complexity index is 1180. The summed E-state index contributed by atoms with van der Waals surface area (Å²) in [5.74, 6) is -2.12. The van der Waals surface area contributed by atoms with Gasteiger partial charge in [0.15, 0.2) is 18.1 Å². The minimum absolute atomic E-state index is 0.00903. The molecule has 0 atom stereocenters. The van der Waals surface area contributed by atoms with Gasteiger partial charge in [0.05, 0.1) is 36.8 Å². The van der Waals surface area contributed by atoms with E-state index in [4.69, 9.17) is 14.2 Å². The van der Waals surface area contributed by atoms with Crippen LogP contribution in [0.4, 0.5) is 5.69 Å². The van der Waals surface area contributed by atoms with Crippen molar-refractivity contribution in [2.75, 3.05) is 26.1 Å². The number of carbonyl (C=O) groups excluding carboxylic acids is 4. The van der Waals surface area contributed by atoms with Gasteiger partial charge in [-0.15, -0.1) is 11.3 Å². The number of methoxy groups -OCH3 is 2. The Balaban J connectivity index is 1.69. The number of anilines is 1. The largest absolute Gasteiger partial charge is 0.493 e. The van der Waals surface area contributed by atoms with Crippen LogP contribution in [0.2, 0.25) is 0 Å². The molecule has 0 unspecified atom stereocenters. The molecule has 0 saturated heterocycles. The van der Waals surface area contributed by atoms with Crippen LogP contribution in [0.5, 0.6) is 11.5 Å². The number of carbonyl (C=O) groups is 4. The summed E-state index contributed by atoms with van der Waals surface area (Å²) in [5, 5.41) is 6.57. The highest BCUT2D eigenvalue weighted by Gasteiger charge is 2.21. The molecule has 1 aromatic heterocycles. The second-order valence-corrected chi connectivity index (χ2v) is 7.84. The van der Waals surface area contributed by atoms with Gasteiger partial charge in [-0.1, -0.05) is 36.4 Å². The quantitative estimate of drug-likeness (QED) is 0.450. The maximum Gasteiger partial charge on any atom is 0.340 e. The van der Waals surface area contributed by atoms with E-state index < -0.39 is 30.3 Å². The van der Waals surface area contributed by atoms with Crippen molar-refractivity contribution in [1.29, 1.82) is 0 Å². The molecule has 34 heavy (non-hydrogen) atoms. The van der Waals surface area contributed by atoms with Gasteiger partial charge in [-0.3, -0.25) is 19.7 Å². The van der Waals surface area contributed by atoms with E-state index in [0.29, 0.717) is 4.88 Å². The third-order valence-electron chi connectivity index (χ3n) is 4.56. The third kappa shape index (κ3) is 6.42. The van der Waals surface area contributed by atoms with Crippen molar-refractivity contribution in [2.45, 2.75) is 6.42 Å². The molecule has 0 spiro atoms. The number of hydrogen-bond donors (Lipinski definition) is 2. The van der Waals surface area contributed by atoms with E-state index in [1.807, 2.05) is 6.07 Å². The van der Waals surface area contributed by atoms with E-state index in [9.17, 15) is 19.2 Å². The lowest BCUT2D eigenvalue weighted by Crippen LogP contribution is -2.35. The number of thiophene rings is 1. The number of amides is 3. The minimum atomic E-state index is -0.895. The molecule has 0 aliphatic rings. The second kappa shape index (κ2) is 11.6. The molecule has 2 N–H and O–H groups in total. The first-order valence-electron chi connectivity index (χ1n) is 10.1. The maximum atomic E-state index is 12.8. The third-order valence-corrected chi connectivity index (χ3v) is 5.43. The normalized spacial score (nSPS) is 10.2. The first-order valence-corrected chi connectivity index (χ1v) is 10.9. The Morgan fingerprint density at radius 3 is 2.24 bits per heavy atom. The smallest absolute Gasteiger partial charge is 0.340 e. The number of ether oxygens (including phenoxy) is 3. The molecule has 1 heterocycles. The van der Waals surface area contributed by atoms with E-state index in [-0.39, 0.29) is 29.2 Å². The summed E-state index contributed by atoms with van der Waals surface area (Å²) in [5.41, 5.74) is 0.800. The lowest BCUT2D eigenvalue weighted by atomic mass is 10.1. The van der Waals surface area contributed by atoms with Crippen LogP contribution in [-0.2, 0) is 20.7 Å². The fourth-order valence-corrected chi connectivity index (χ4v) is 3.59. The van der Waals surface area contributed by atoms with E-state index in [2.05, 4.69) is 10.6 Å². The van der Waals surface area contributed by atoms with Gasteiger partial charge in [0, 0.05) is 12.1 Å². The lowest BCUT2D eigenvalue weighted by Gasteiger charge is -2.15. The fraction of sp³-hybridized carbons (Fsp3) is 0.167. The average Bonchev–Trinajstić information content (AvgIpc) is 3.38. The van der Waals surface area contributed by atoms with Gasteiger partial charge in [0.25, 0.3) is 11.8 Å². The number of benzene rings is 2. The SMILES string of the molecule is COc1cc(NC(=O)c2cccs2)c(C(=O)OCC(=O)NC(=O)Cc2ccccc2)cc1OC. The van der Waals surface area contributed by atoms with Gasteiger partial charge >= 0.3 is 5.97 Å². The number of hydrogen-bond acceptors (Lipinski definition) is 8. The Morgan fingerprint density at radius 2 is 1.59 bits per heavy atom. The van der Waals surface area contributed by atoms with Crippen LogP contribution in [-0.4, -0.2) is 44.5 Å². The molecular formula is C24H22N2O7S. The van der Waals surface area contributed by atoms with Gasteiger partial charge in [0.2, 0.25) is 5.91 Å². The number of imide groups is 1. The minimum Gasteiger partial charge on any atom is -0.493 e. The Labute approximate surface area is 199 Å². The molecule has 0 aliphatic carbocycles. The Kier molecular flexibility index (Phi) is 8.36. The molecule has 3 rings (SSSR count). The summed E-state index contributed by atoms with van der Waals surface area (Å²) in [6, 6.07) is 15.0. The molecule has 176 valence electrons. The standard InChI is InChI=1S/C24H22N2O7S/c1-31-18-12-16(17(13-19(18)32-2)25-23(29)20-9-6-10-34-20)24(30)33-14-22(28)26-21(27)11-15-7-4-3-5-8-15/h3-10,12-13H,11,14H2,1-2H3,(H,25,29)(H,26,27,28). The van der Waals surface area contributed by atoms with E-state index in [1.54, 1.807) is 41.8 Å². The summed E-state index contributed by atoms with van der Waals surface area (Å²) in [6.07, 6.45) is 0.00903. The molecular weight excluding hydrogens is 460 g/mol. The van der Waals surface area contributed by atoms with Crippen molar-refractivity contribution in [2.24, 2.45) is 0 Å². The van der Waals surface area contributed by atoms with Crippen LogP contribution >= 0.6 is 11.3 Å². The predicted octanol–water partition coefficient (Wildman–Crippen LogP) is 3.06. The summed E-state index contributed by atoms with van der Waals surface area (Å²) < 4.78 is 15.6. The predicted molar refractivity (Wildman–Crippen MR) is 125 cm³/mol. The molecule has 10 heteroatoms. The van der Waals surface area contributed by atoms with Crippen LogP contribution in [0.25, 0.3) is 0 Å². The maximum absolute atomic E-state index is 12.8. The van der Waals surface area contributed by atoms with Crippen LogP contribution < -0.4 is 20.1 Å². The van der Waals surface area contributed by atoms with Crippen LogP contribution in [0.1, 0.15) is 25.6 Å². The van der Waals surface area contributed by atoms with Gasteiger partial charge in [-0.2, -0.15) is 0 Å². The topological polar surface area (TPSA) is 120 Å². The highest BCUT2D eigenvalue weighted by Crippen LogP contribution is 2.34. The Hall–Kier alpha value is -4.18. The summed E-state index contributed by atoms with van der Waals surface area (Å²) in [7, 11) is 2.81. The second-order valence-electron chi connectivity index (χ2n) is 6.89. The molecule has 0 bridgehead atoms. The van der Waals surface area contributed by atoms with Gasteiger partial charge in [-0.25, -0.2) is 4.79 Å². The molecule has 3 aromatic rings. The molecule has 9 nitrogen and oxygen atoms in total. The van der Waals surface area contributed by atoms with E-state index in [0.717, 1.165) is 5.56 Å². The van der Waals surface area contributed by atoms with E-state index >= 15 is 0 Å². The molecule has 2 aromatic carbocycles. The van der Waals surface area contributed by atoms with Gasteiger partial charge in [-0.05, 0) is 17.0 Å². The van der Waals surface area contributed by atoms with Crippen molar-refractivity contribution >= 4 is 40.7 Å². The number of nitrogens with one attached hydrogen (secondary N) is 2. The molecule has 0 saturated carbocycles. The van der Waals surface area contributed by atoms with Crippen molar-refractivity contribution in [1.82, 2.24) is 5.32 Å². The zero-order chi connectivity index (χ0) is 24.5. The summed E-state index contributed by atoms with van der Waals surface area (Å²) in [6.45, 7) is -0.688. The van der Waals surface area contributed by atoms with Crippen LogP contribution in [0.3, 0.4) is 0 Å². The lowest BCUT2D eigenvalue weighted by molar-refractivity contribution is -0.132. The highest BCUT2D eigenvalue weighted by atomic mass is 32.1. The van der Waals surface area contributed by atoms with E-state index in [1.165, 1.54) is 37.7 Å². The van der Waals surface area contributed by atoms with Crippen LogP contribution in [0.15, 0.2) is 60.0 Å². The van der Waals surface area contributed by atoms with Crippen molar-refractivity contribution in [3.63, 3.8) is 0 Å². The van der Waals surface area contributed by atoms with Crippen LogP contribution in [0, 0.1) is 0 Å². The summed E-state index contributed by atoms with van der Waals surface area (Å²) >= 11 is 1.23. The first-order chi connectivity index (χ1) is 16.4. The highest BCUT2D eigenvalue weighted by molar-refractivity contribution is 7.12. The summed E-state index contributed by atoms with van der Waals surface area (Å²) in [4.78, 5) is 49.8. The molecule has 3 amide bonds. The zero-order valence-corrected chi connectivity index (χ0v) is 19.3. The Morgan fingerprint density at radius 1 is 0.882 bits per heavy atom. The van der Waals surface area contributed by atoms with Gasteiger partial charge < -0.3 is 19.5 Å². The van der Waals surface area contributed by atoms with Crippen molar-refractivity contribution in [3.8, 4) is 11.5 Å². The monoisotopic (exact) mass is 482 g/mol. The molecule has 0 fully saturated rings. The fourth-order valence-electron chi connectivity index (χ4n) is 2.97. The van der Waals surface area contributed by atoms with Crippen molar-refractivity contribution < 1.29 is 33.4 Å². The zero-order valence-electron chi connectivity index (χ0n) is 18.5. The molecule has 0 radical (unpaired) electrons. The first kappa shape index (κ1) is 24.5. The van der Waals surface area contributed by atoms with Crippen molar-refractivity contribution in [3.05, 3.63) is 76.0 Å². The number of rotatable bonds is 9. The molecule has 0 aliphatic heterocycles.